The van der Waals surface area contributed by atoms with Crippen LogP contribution < -0.4 is 10.1 Å². The number of aryl methyl sites for hydroxylation is 1. The molecule has 34 heavy (non-hydrogen) atoms. The lowest BCUT2D eigenvalue weighted by Gasteiger charge is -2.44. The third kappa shape index (κ3) is 5.34. The van der Waals surface area contributed by atoms with Gasteiger partial charge in [-0.25, -0.2) is 4.98 Å². The fourth-order valence-corrected chi connectivity index (χ4v) is 4.55. The molecule has 2 aromatic rings. The van der Waals surface area contributed by atoms with E-state index in [4.69, 9.17) is 9.47 Å². The number of halogens is 3. The van der Waals surface area contributed by atoms with Gasteiger partial charge in [-0.1, -0.05) is 0 Å². The van der Waals surface area contributed by atoms with Gasteiger partial charge in [0.2, 0.25) is 5.91 Å². The summed E-state index contributed by atoms with van der Waals surface area (Å²) < 4.78 is 47.0. The second-order valence-corrected chi connectivity index (χ2v) is 9.05. The Kier molecular flexibility index (Phi) is 6.84. The first-order valence-electron chi connectivity index (χ1n) is 11.3. The summed E-state index contributed by atoms with van der Waals surface area (Å²) >= 11 is 0. The lowest BCUT2D eigenvalue weighted by atomic mass is 9.99. The van der Waals surface area contributed by atoms with Crippen LogP contribution in [-0.4, -0.2) is 41.5 Å². The van der Waals surface area contributed by atoms with Crippen LogP contribution in [0.1, 0.15) is 48.1 Å². The van der Waals surface area contributed by atoms with Gasteiger partial charge in [0, 0.05) is 36.5 Å². The van der Waals surface area contributed by atoms with Crippen molar-refractivity contribution in [2.75, 3.05) is 25.1 Å². The van der Waals surface area contributed by atoms with Gasteiger partial charge < -0.3 is 24.6 Å². The van der Waals surface area contributed by atoms with Gasteiger partial charge in [-0.15, -0.1) is 0 Å². The number of pyridine rings is 1. The van der Waals surface area contributed by atoms with Crippen molar-refractivity contribution in [3.63, 3.8) is 0 Å². The number of ether oxygens (including phenoxy) is 2. The molecular formula is C24H28F3N3O4. The molecule has 1 N–H and O–H groups in total. The Balaban J connectivity index is 1.48. The predicted molar refractivity (Wildman–Crippen MR) is 119 cm³/mol. The van der Waals surface area contributed by atoms with E-state index in [9.17, 15) is 23.2 Å². The molecule has 0 spiro atoms. The molecule has 1 amide bonds. The molecule has 2 aliphatic rings. The summed E-state index contributed by atoms with van der Waals surface area (Å²) in [6, 6.07) is 6.12. The molecule has 0 bridgehead atoms. The van der Waals surface area contributed by atoms with Crippen LogP contribution >= 0.6 is 0 Å². The summed E-state index contributed by atoms with van der Waals surface area (Å²) in [7, 11) is 0. The average Bonchev–Trinajstić information content (AvgIpc) is 3.16. The third-order valence-corrected chi connectivity index (χ3v) is 6.63. The number of amides is 1. The normalized spacial score (nSPS) is 21.7. The smallest absolute Gasteiger partial charge is 0.422 e. The Morgan fingerprint density at radius 1 is 1.29 bits per heavy atom. The predicted octanol–water partition coefficient (Wildman–Crippen LogP) is 4.79. The number of quaternary nitrogens is 1. The summed E-state index contributed by atoms with van der Waals surface area (Å²) in [5, 5.41) is 16.8. The Morgan fingerprint density at radius 2 is 2.03 bits per heavy atom. The van der Waals surface area contributed by atoms with Gasteiger partial charge in [0.05, 0.1) is 5.56 Å². The van der Waals surface area contributed by atoms with Crippen LogP contribution in [0.25, 0.3) is 0 Å². The zero-order valence-corrected chi connectivity index (χ0v) is 19.2. The second-order valence-electron chi connectivity index (χ2n) is 9.05. The molecule has 2 unspecified atom stereocenters. The highest BCUT2D eigenvalue weighted by Gasteiger charge is 2.37. The van der Waals surface area contributed by atoms with Gasteiger partial charge in [-0.2, -0.15) is 13.2 Å². The van der Waals surface area contributed by atoms with Crippen molar-refractivity contribution >= 4 is 11.7 Å². The van der Waals surface area contributed by atoms with E-state index < -0.39 is 23.5 Å². The van der Waals surface area contributed by atoms with Crippen molar-refractivity contribution in [3.8, 4) is 5.75 Å². The van der Waals surface area contributed by atoms with E-state index in [2.05, 4.69) is 10.3 Å². The average molecular weight is 479 g/mol. The van der Waals surface area contributed by atoms with Gasteiger partial charge in [0.25, 0.3) is 0 Å². The number of carbonyl (C=O) groups excluding carboxylic acids is 1. The number of fused-ring (bicyclic) bond motifs is 1. The van der Waals surface area contributed by atoms with Crippen LogP contribution in [0.15, 0.2) is 30.5 Å². The maximum atomic E-state index is 13.9. The van der Waals surface area contributed by atoms with Gasteiger partial charge in [0.15, 0.2) is 6.61 Å². The van der Waals surface area contributed by atoms with Gasteiger partial charge in [0.1, 0.15) is 30.7 Å². The van der Waals surface area contributed by atoms with E-state index in [1.165, 1.54) is 6.07 Å². The van der Waals surface area contributed by atoms with E-state index in [1.807, 2.05) is 0 Å². The molecule has 1 saturated heterocycles. The zero-order chi connectivity index (χ0) is 24.5. The molecule has 1 aromatic heterocycles. The molecule has 2 atom stereocenters. The minimum Gasteiger partial charge on any atom is -0.632 e. The number of benzene rings is 1. The maximum Gasteiger partial charge on any atom is 0.422 e. The Morgan fingerprint density at radius 3 is 2.71 bits per heavy atom. The monoisotopic (exact) mass is 479 g/mol. The molecule has 1 aromatic carbocycles. The van der Waals surface area contributed by atoms with Crippen molar-refractivity contribution in [2.24, 2.45) is 5.92 Å². The first-order valence-corrected chi connectivity index (χ1v) is 11.3. The first-order chi connectivity index (χ1) is 16.1. The van der Waals surface area contributed by atoms with Crippen LogP contribution in [0.4, 0.5) is 19.0 Å². The quantitative estimate of drug-likeness (QED) is 0.476. The summed E-state index contributed by atoms with van der Waals surface area (Å²) in [5.41, 5.74) is 2.80. The highest BCUT2D eigenvalue weighted by molar-refractivity contribution is 5.92. The highest BCUT2D eigenvalue weighted by Crippen LogP contribution is 2.41. The van der Waals surface area contributed by atoms with Gasteiger partial charge in [-0.05, 0) is 56.5 Å². The molecule has 0 saturated carbocycles. The van der Waals surface area contributed by atoms with E-state index in [0.717, 1.165) is 11.1 Å². The van der Waals surface area contributed by atoms with Crippen LogP contribution in [0.3, 0.4) is 0 Å². The maximum absolute atomic E-state index is 13.9. The molecule has 7 nitrogen and oxygen atoms in total. The van der Waals surface area contributed by atoms with Crippen molar-refractivity contribution in [1.82, 2.24) is 4.98 Å². The zero-order valence-electron chi connectivity index (χ0n) is 19.2. The van der Waals surface area contributed by atoms with E-state index in [0.29, 0.717) is 43.0 Å². The lowest BCUT2D eigenvalue weighted by Crippen LogP contribution is -2.38. The fourth-order valence-electron chi connectivity index (χ4n) is 4.55. The molecule has 0 aliphatic carbocycles. The standard InChI is InChI=1S/C24H28F3N3O4/c1-15-11-18(3-4-21(15)34-14-24(25,26)27)16(2)30(32)12-19-5-8-28-22(20(19)13-30)29-23(31)17-6-9-33-10-7-17/h3-5,8,11,16-17H,6-7,9-10,12-14H2,1-2H3,(H,28,29,31). The summed E-state index contributed by atoms with van der Waals surface area (Å²) in [6.07, 6.45) is -1.52. The number of nitrogens with zero attached hydrogens (tertiary/aromatic N) is 2. The molecule has 184 valence electrons. The molecule has 4 rings (SSSR count). The molecular weight excluding hydrogens is 451 g/mol. The number of carbonyl (C=O) groups is 1. The number of aromatic nitrogens is 1. The van der Waals surface area contributed by atoms with Crippen molar-refractivity contribution in [1.29, 1.82) is 0 Å². The topological polar surface area (TPSA) is 83.5 Å². The van der Waals surface area contributed by atoms with Crippen LogP contribution in [-0.2, 0) is 22.6 Å². The highest BCUT2D eigenvalue weighted by atomic mass is 19.4. The molecule has 1 fully saturated rings. The van der Waals surface area contributed by atoms with Gasteiger partial charge >= 0.3 is 6.18 Å². The number of hydrogen-bond acceptors (Lipinski definition) is 5. The van der Waals surface area contributed by atoms with Crippen molar-refractivity contribution < 1.29 is 32.1 Å². The van der Waals surface area contributed by atoms with Crippen molar-refractivity contribution in [2.45, 2.75) is 52.0 Å². The summed E-state index contributed by atoms with van der Waals surface area (Å²) in [4.78, 5) is 17.0. The van der Waals surface area contributed by atoms with E-state index in [1.54, 1.807) is 38.2 Å². The SMILES string of the molecule is Cc1cc(C(C)[N+]2([O-])Cc3ccnc(NC(=O)C4CCOCC4)c3C2)ccc1OCC(F)(F)F. The van der Waals surface area contributed by atoms with Crippen molar-refractivity contribution in [3.05, 3.63) is 57.9 Å². The first kappa shape index (κ1) is 24.4. The van der Waals surface area contributed by atoms with Gasteiger partial charge in [-0.3, -0.25) is 4.79 Å². The van der Waals surface area contributed by atoms with Crippen LogP contribution in [0, 0.1) is 18.0 Å². The largest absolute Gasteiger partial charge is 0.632 e. The fraction of sp³-hybridized carbons (Fsp3) is 0.500. The van der Waals surface area contributed by atoms with Crippen LogP contribution in [0.5, 0.6) is 5.75 Å². The molecule has 3 heterocycles. The van der Waals surface area contributed by atoms with E-state index >= 15 is 0 Å². The van der Waals surface area contributed by atoms with Crippen LogP contribution in [0.2, 0.25) is 0 Å². The minimum atomic E-state index is -4.42. The number of anilines is 1. The number of hydroxylamine groups is 3. The Labute approximate surface area is 196 Å². The van der Waals surface area contributed by atoms with E-state index in [-0.39, 0.29) is 30.7 Å². The minimum absolute atomic E-state index is 0.113. The number of nitrogens with one attached hydrogen (secondary N) is 1. The summed E-state index contributed by atoms with van der Waals surface area (Å²) in [5.74, 6) is 0.305. The number of rotatable bonds is 6. The lowest BCUT2D eigenvalue weighted by molar-refractivity contribution is -0.928. The number of alkyl halides is 3. The molecule has 2 aliphatic heterocycles. The molecule has 0 radical (unpaired) electrons. The summed E-state index contributed by atoms with van der Waals surface area (Å²) in [6.45, 7) is 3.55. The second kappa shape index (κ2) is 9.52. The Hall–Kier alpha value is -2.69. The third-order valence-electron chi connectivity index (χ3n) is 6.63. The number of hydrogen-bond donors (Lipinski definition) is 1. The molecule has 10 heteroatoms. The Bertz CT molecular complexity index is 1060.